The van der Waals surface area contributed by atoms with E-state index in [1.807, 2.05) is 25.1 Å². The number of carbonyl (C=O) groups is 2. The number of furan rings is 1. The molecule has 1 aliphatic heterocycles. The van der Waals surface area contributed by atoms with Gasteiger partial charge in [0.15, 0.2) is 5.76 Å². The van der Waals surface area contributed by atoms with Crippen LogP contribution in [-0.2, 0) is 4.74 Å². The quantitative estimate of drug-likeness (QED) is 0.920. The Morgan fingerprint density at radius 3 is 2.75 bits per heavy atom. The normalized spacial score (nSPS) is 20.8. The van der Waals surface area contributed by atoms with Crippen LogP contribution in [0, 0.1) is 0 Å². The fourth-order valence-electron chi connectivity index (χ4n) is 2.67. The van der Waals surface area contributed by atoms with Gasteiger partial charge in [0.2, 0.25) is 0 Å². The zero-order valence-electron chi connectivity index (χ0n) is 12.9. The number of amides is 1. The van der Waals surface area contributed by atoms with Crippen LogP contribution >= 0.6 is 11.6 Å². The van der Waals surface area contributed by atoms with Gasteiger partial charge in [-0.15, -0.1) is 0 Å². The first kappa shape index (κ1) is 16.5. The molecule has 1 fully saturated rings. The van der Waals surface area contributed by atoms with Crippen molar-refractivity contribution in [2.45, 2.75) is 19.1 Å². The molecule has 0 aliphatic carbocycles. The molecule has 24 heavy (non-hydrogen) atoms. The molecule has 7 heteroatoms. The molecule has 2 atom stereocenters. The van der Waals surface area contributed by atoms with Crippen molar-refractivity contribution in [2.24, 2.45) is 0 Å². The van der Waals surface area contributed by atoms with Crippen LogP contribution in [0.2, 0.25) is 5.02 Å². The van der Waals surface area contributed by atoms with Crippen LogP contribution in [0.3, 0.4) is 0 Å². The van der Waals surface area contributed by atoms with Crippen LogP contribution in [0.15, 0.2) is 41.0 Å². The summed E-state index contributed by atoms with van der Waals surface area (Å²) in [4.78, 5) is 25.2. The van der Waals surface area contributed by atoms with Gasteiger partial charge in [0.05, 0.1) is 24.8 Å². The van der Waals surface area contributed by atoms with Gasteiger partial charge in [0, 0.05) is 16.7 Å². The van der Waals surface area contributed by atoms with Crippen molar-refractivity contribution >= 4 is 23.5 Å². The Hall–Kier alpha value is -2.31. The monoisotopic (exact) mass is 349 g/mol. The second kappa shape index (κ2) is 6.67. The molecule has 2 heterocycles. The lowest BCUT2D eigenvalue weighted by Gasteiger charge is -2.38. The Kier molecular flexibility index (Phi) is 4.59. The van der Waals surface area contributed by atoms with Gasteiger partial charge in [0.25, 0.3) is 5.91 Å². The van der Waals surface area contributed by atoms with Crippen molar-refractivity contribution in [1.82, 2.24) is 4.90 Å². The summed E-state index contributed by atoms with van der Waals surface area (Å²) in [5.41, 5.74) is 0.761. The maximum Gasteiger partial charge on any atom is 0.338 e. The third kappa shape index (κ3) is 3.16. The molecule has 2 aromatic rings. The van der Waals surface area contributed by atoms with Crippen LogP contribution in [0.5, 0.6) is 0 Å². The maximum absolute atomic E-state index is 12.7. The van der Waals surface area contributed by atoms with Crippen LogP contribution in [0.4, 0.5) is 0 Å². The van der Waals surface area contributed by atoms with Crippen LogP contribution in [0.25, 0.3) is 0 Å². The predicted molar refractivity (Wildman–Crippen MR) is 86.3 cm³/mol. The number of nitrogens with zero attached hydrogens (tertiary/aromatic N) is 1. The zero-order valence-corrected chi connectivity index (χ0v) is 13.7. The molecule has 1 amide bonds. The molecule has 1 aromatic heterocycles. The van der Waals surface area contributed by atoms with E-state index < -0.39 is 5.97 Å². The molecule has 3 rings (SSSR count). The number of carboxylic acids is 1. The number of halogens is 1. The van der Waals surface area contributed by atoms with E-state index in [0.29, 0.717) is 18.2 Å². The van der Waals surface area contributed by atoms with Crippen molar-refractivity contribution in [3.05, 3.63) is 58.5 Å². The van der Waals surface area contributed by atoms with Crippen molar-refractivity contribution in [2.75, 3.05) is 13.2 Å². The Balaban J connectivity index is 1.82. The van der Waals surface area contributed by atoms with E-state index in [1.54, 1.807) is 11.0 Å². The van der Waals surface area contributed by atoms with Crippen molar-refractivity contribution in [3.8, 4) is 0 Å². The van der Waals surface area contributed by atoms with E-state index in [2.05, 4.69) is 0 Å². The third-order valence-corrected chi connectivity index (χ3v) is 4.35. The second-order valence-corrected chi connectivity index (χ2v) is 6.06. The molecule has 0 radical (unpaired) electrons. The van der Waals surface area contributed by atoms with Gasteiger partial charge in [-0.3, -0.25) is 4.79 Å². The summed E-state index contributed by atoms with van der Waals surface area (Å²) in [7, 11) is 0. The average molecular weight is 350 g/mol. The molecule has 6 nitrogen and oxygen atoms in total. The van der Waals surface area contributed by atoms with Crippen LogP contribution in [0.1, 0.15) is 39.5 Å². The number of benzene rings is 1. The van der Waals surface area contributed by atoms with E-state index >= 15 is 0 Å². The molecule has 2 unspecified atom stereocenters. The highest BCUT2D eigenvalue weighted by Crippen LogP contribution is 2.30. The predicted octanol–water partition coefficient (Wildman–Crippen LogP) is 3.23. The molecule has 1 saturated heterocycles. The van der Waals surface area contributed by atoms with E-state index in [0.717, 1.165) is 11.8 Å². The number of aromatic carboxylic acids is 1. The van der Waals surface area contributed by atoms with E-state index in [1.165, 1.54) is 6.07 Å². The first-order chi connectivity index (χ1) is 11.5. The van der Waals surface area contributed by atoms with Gasteiger partial charge in [-0.25, -0.2) is 4.79 Å². The average Bonchev–Trinajstić information content (AvgIpc) is 3.06. The third-order valence-electron chi connectivity index (χ3n) is 4.00. The molecule has 0 spiro atoms. The number of morpholine rings is 1. The Bertz CT molecular complexity index is 772. The smallest absolute Gasteiger partial charge is 0.338 e. The number of ether oxygens (including phenoxy) is 1. The molecule has 1 aliphatic rings. The number of carboxylic acid groups (broad SMARTS) is 1. The lowest BCUT2D eigenvalue weighted by molar-refractivity contribution is -0.0494. The summed E-state index contributed by atoms with van der Waals surface area (Å²) in [5.74, 6) is -1.50. The fraction of sp³-hybridized carbons (Fsp3) is 0.294. The first-order valence-corrected chi connectivity index (χ1v) is 7.84. The highest BCUT2D eigenvalue weighted by atomic mass is 35.5. The van der Waals surface area contributed by atoms with Crippen molar-refractivity contribution in [3.63, 3.8) is 0 Å². The molecular weight excluding hydrogens is 334 g/mol. The molecule has 1 N–H and O–H groups in total. The summed E-state index contributed by atoms with van der Waals surface area (Å²) < 4.78 is 10.9. The van der Waals surface area contributed by atoms with E-state index in [9.17, 15) is 9.59 Å². The number of hydrogen-bond acceptors (Lipinski definition) is 4. The first-order valence-electron chi connectivity index (χ1n) is 7.46. The van der Waals surface area contributed by atoms with Gasteiger partial charge < -0.3 is 19.2 Å². The van der Waals surface area contributed by atoms with Gasteiger partial charge in [-0.2, -0.15) is 0 Å². The standard InChI is InChI=1S/C17H16ClNO5/c1-10-8-23-15(12-4-2-3-5-13(12)18)7-19(10)16(20)14-6-11(9-24-14)17(21)22/h2-6,9-10,15H,7-8H2,1H3,(H,21,22). The minimum absolute atomic E-state index is 0.000872. The minimum atomic E-state index is -1.14. The Labute approximate surface area is 143 Å². The van der Waals surface area contributed by atoms with Crippen molar-refractivity contribution < 1.29 is 23.8 Å². The van der Waals surface area contributed by atoms with Gasteiger partial charge in [-0.05, 0) is 13.0 Å². The lowest BCUT2D eigenvalue weighted by Crippen LogP contribution is -2.48. The summed E-state index contributed by atoms with van der Waals surface area (Å²) in [6.07, 6.45) is 0.722. The highest BCUT2D eigenvalue weighted by molar-refractivity contribution is 6.31. The molecule has 126 valence electrons. The summed E-state index contributed by atoms with van der Waals surface area (Å²) >= 11 is 6.21. The lowest BCUT2D eigenvalue weighted by atomic mass is 10.1. The second-order valence-electron chi connectivity index (χ2n) is 5.65. The number of rotatable bonds is 3. The minimum Gasteiger partial charge on any atom is -0.478 e. The number of carbonyl (C=O) groups excluding carboxylic acids is 1. The summed E-state index contributed by atoms with van der Waals surface area (Å²) in [5, 5.41) is 9.52. The SMILES string of the molecule is CC1COC(c2ccccc2Cl)CN1C(=O)c1cc(C(=O)O)co1. The topological polar surface area (TPSA) is 80.0 Å². The molecule has 0 saturated carbocycles. The molecular formula is C17H16ClNO5. The molecule has 1 aromatic carbocycles. The fourth-order valence-corrected chi connectivity index (χ4v) is 2.92. The zero-order chi connectivity index (χ0) is 17.3. The highest BCUT2D eigenvalue weighted by Gasteiger charge is 2.33. The van der Waals surface area contributed by atoms with E-state index in [4.69, 9.17) is 25.9 Å². The Morgan fingerprint density at radius 1 is 1.33 bits per heavy atom. The van der Waals surface area contributed by atoms with Gasteiger partial charge in [0.1, 0.15) is 12.4 Å². The molecule has 0 bridgehead atoms. The van der Waals surface area contributed by atoms with Crippen molar-refractivity contribution in [1.29, 1.82) is 0 Å². The Morgan fingerprint density at radius 2 is 2.08 bits per heavy atom. The summed E-state index contributed by atoms with van der Waals surface area (Å²) in [6, 6.07) is 8.40. The van der Waals surface area contributed by atoms with Gasteiger partial charge in [-0.1, -0.05) is 29.8 Å². The van der Waals surface area contributed by atoms with Crippen LogP contribution in [-0.4, -0.2) is 41.1 Å². The maximum atomic E-state index is 12.7. The van der Waals surface area contributed by atoms with Gasteiger partial charge >= 0.3 is 5.97 Å². The van der Waals surface area contributed by atoms with Crippen LogP contribution < -0.4 is 0 Å². The summed E-state index contributed by atoms with van der Waals surface area (Å²) in [6.45, 7) is 2.53. The largest absolute Gasteiger partial charge is 0.478 e. The van der Waals surface area contributed by atoms with E-state index in [-0.39, 0.29) is 29.4 Å². The number of hydrogen-bond donors (Lipinski definition) is 1.